The maximum Gasteiger partial charge on any atom is 0.266 e. The SMILES string of the molecule is CN(C)c1nccc(N2CCC(Cn3nc(-c4ccncc4)ccc3=O)CC2)n1. The first-order chi connectivity index (χ1) is 14.1. The van der Waals surface area contributed by atoms with Crippen LogP contribution < -0.4 is 15.4 Å². The second kappa shape index (κ2) is 8.38. The number of piperidine rings is 1. The Hall–Kier alpha value is -3.29. The van der Waals surface area contributed by atoms with Crippen LogP contribution in [0.25, 0.3) is 11.3 Å². The fourth-order valence-electron chi connectivity index (χ4n) is 3.58. The molecule has 3 aromatic heterocycles. The maximum absolute atomic E-state index is 12.3. The normalized spacial score (nSPS) is 14.8. The molecule has 0 radical (unpaired) electrons. The molecule has 0 unspecified atom stereocenters. The van der Waals surface area contributed by atoms with Crippen LogP contribution in [-0.4, -0.2) is 51.9 Å². The summed E-state index contributed by atoms with van der Waals surface area (Å²) < 4.78 is 1.60. The molecule has 4 rings (SSSR count). The molecule has 0 aliphatic carbocycles. The Labute approximate surface area is 169 Å². The minimum absolute atomic E-state index is 0.0586. The molecule has 0 spiro atoms. The van der Waals surface area contributed by atoms with Crippen molar-refractivity contribution < 1.29 is 0 Å². The van der Waals surface area contributed by atoms with Crippen LogP contribution >= 0.6 is 0 Å². The van der Waals surface area contributed by atoms with Gasteiger partial charge in [0.25, 0.3) is 5.56 Å². The standard InChI is InChI=1S/C21H25N7O/c1-26(2)21-23-12-7-19(24-21)27-13-8-16(9-14-27)15-28-20(29)4-3-18(25-28)17-5-10-22-11-6-17/h3-7,10-12,16H,8-9,13-15H2,1-2H3. The smallest absolute Gasteiger partial charge is 0.266 e. The van der Waals surface area contributed by atoms with Crippen LogP contribution in [0.3, 0.4) is 0 Å². The van der Waals surface area contributed by atoms with E-state index in [9.17, 15) is 4.79 Å². The molecular weight excluding hydrogens is 366 g/mol. The van der Waals surface area contributed by atoms with Gasteiger partial charge in [0.15, 0.2) is 0 Å². The van der Waals surface area contributed by atoms with Gasteiger partial charge in [-0.1, -0.05) is 0 Å². The van der Waals surface area contributed by atoms with Crippen LogP contribution in [-0.2, 0) is 6.54 Å². The van der Waals surface area contributed by atoms with Gasteiger partial charge in [0.05, 0.1) is 5.69 Å². The van der Waals surface area contributed by atoms with E-state index in [2.05, 4.69) is 25.0 Å². The van der Waals surface area contributed by atoms with Crippen LogP contribution in [0.15, 0.2) is 53.7 Å². The van der Waals surface area contributed by atoms with Crippen molar-refractivity contribution in [2.24, 2.45) is 5.92 Å². The Bertz CT molecular complexity index is 1010. The van der Waals surface area contributed by atoms with Crippen LogP contribution in [0.4, 0.5) is 11.8 Å². The highest BCUT2D eigenvalue weighted by Gasteiger charge is 2.22. The number of rotatable bonds is 5. The Kier molecular flexibility index (Phi) is 5.50. The van der Waals surface area contributed by atoms with Gasteiger partial charge in [0, 0.05) is 63.9 Å². The largest absolute Gasteiger partial charge is 0.356 e. The third kappa shape index (κ3) is 4.42. The second-order valence-electron chi connectivity index (χ2n) is 7.51. The second-order valence-corrected chi connectivity index (χ2v) is 7.51. The summed E-state index contributed by atoms with van der Waals surface area (Å²) in [5.74, 6) is 2.09. The third-order valence-corrected chi connectivity index (χ3v) is 5.24. The maximum atomic E-state index is 12.3. The van der Waals surface area contributed by atoms with Crippen molar-refractivity contribution in [3.63, 3.8) is 0 Å². The van der Waals surface area contributed by atoms with Gasteiger partial charge in [-0.05, 0) is 43.0 Å². The fourth-order valence-corrected chi connectivity index (χ4v) is 3.58. The van der Waals surface area contributed by atoms with Gasteiger partial charge in [-0.25, -0.2) is 9.67 Å². The molecule has 1 saturated heterocycles. The van der Waals surface area contributed by atoms with Crippen LogP contribution in [0.5, 0.6) is 0 Å². The summed E-state index contributed by atoms with van der Waals surface area (Å²) in [5.41, 5.74) is 1.70. The number of anilines is 2. The monoisotopic (exact) mass is 391 g/mol. The average Bonchev–Trinajstić information content (AvgIpc) is 2.76. The van der Waals surface area contributed by atoms with E-state index in [0.717, 1.165) is 43.0 Å². The molecule has 0 N–H and O–H groups in total. The molecule has 1 aliphatic heterocycles. The van der Waals surface area contributed by atoms with Gasteiger partial charge < -0.3 is 9.80 Å². The average molecular weight is 391 g/mol. The lowest BCUT2D eigenvalue weighted by atomic mass is 9.97. The summed E-state index contributed by atoms with van der Waals surface area (Å²) >= 11 is 0. The molecule has 1 aliphatic rings. The van der Waals surface area contributed by atoms with E-state index < -0.39 is 0 Å². The van der Waals surface area contributed by atoms with Crippen molar-refractivity contribution in [3.8, 4) is 11.3 Å². The predicted octanol–water partition coefficient (Wildman–Crippen LogP) is 2.08. The quantitative estimate of drug-likeness (QED) is 0.659. The van der Waals surface area contributed by atoms with Crippen molar-refractivity contribution in [1.29, 1.82) is 0 Å². The van der Waals surface area contributed by atoms with Crippen LogP contribution in [0, 0.1) is 5.92 Å². The van der Waals surface area contributed by atoms with Gasteiger partial charge >= 0.3 is 0 Å². The van der Waals surface area contributed by atoms with E-state index in [1.54, 1.807) is 35.4 Å². The number of nitrogens with zero attached hydrogens (tertiary/aromatic N) is 7. The van der Waals surface area contributed by atoms with Gasteiger partial charge in [0.2, 0.25) is 5.95 Å². The molecule has 4 heterocycles. The first-order valence-corrected chi connectivity index (χ1v) is 9.84. The lowest BCUT2D eigenvalue weighted by molar-refractivity contribution is 0.335. The van der Waals surface area contributed by atoms with Gasteiger partial charge in [-0.15, -0.1) is 0 Å². The molecule has 0 bridgehead atoms. The number of aromatic nitrogens is 5. The summed E-state index contributed by atoms with van der Waals surface area (Å²) in [6.45, 7) is 2.46. The Morgan fingerprint density at radius 2 is 1.79 bits per heavy atom. The molecule has 0 saturated carbocycles. The number of pyridine rings is 1. The van der Waals surface area contributed by atoms with Crippen molar-refractivity contribution in [3.05, 3.63) is 59.3 Å². The minimum Gasteiger partial charge on any atom is -0.356 e. The summed E-state index contributed by atoms with van der Waals surface area (Å²) in [7, 11) is 3.88. The van der Waals surface area contributed by atoms with Crippen LogP contribution in [0.2, 0.25) is 0 Å². The first-order valence-electron chi connectivity index (χ1n) is 9.84. The van der Waals surface area contributed by atoms with Gasteiger partial charge in [-0.3, -0.25) is 9.78 Å². The summed E-state index contributed by atoms with van der Waals surface area (Å²) in [5, 5.41) is 4.58. The molecule has 3 aromatic rings. The highest BCUT2D eigenvalue weighted by molar-refractivity contribution is 5.57. The van der Waals surface area contributed by atoms with E-state index in [1.807, 2.05) is 37.2 Å². The van der Waals surface area contributed by atoms with E-state index in [4.69, 9.17) is 0 Å². The van der Waals surface area contributed by atoms with E-state index in [-0.39, 0.29) is 5.56 Å². The molecule has 0 amide bonds. The zero-order valence-electron chi connectivity index (χ0n) is 16.8. The highest BCUT2D eigenvalue weighted by atomic mass is 16.1. The zero-order valence-corrected chi connectivity index (χ0v) is 16.8. The van der Waals surface area contributed by atoms with E-state index >= 15 is 0 Å². The molecule has 0 aromatic carbocycles. The number of hydrogen-bond donors (Lipinski definition) is 0. The molecular formula is C21H25N7O. The van der Waals surface area contributed by atoms with Crippen molar-refractivity contribution >= 4 is 11.8 Å². The molecule has 150 valence electrons. The van der Waals surface area contributed by atoms with Crippen LogP contribution in [0.1, 0.15) is 12.8 Å². The van der Waals surface area contributed by atoms with Crippen molar-refractivity contribution in [1.82, 2.24) is 24.7 Å². The lowest BCUT2D eigenvalue weighted by Crippen LogP contribution is -2.37. The summed E-state index contributed by atoms with van der Waals surface area (Å²) in [4.78, 5) is 29.5. The predicted molar refractivity (Wildman–Crippen MR) is 113 cm³/mol. The molecule has 8 heteroatoms. The number of hydrogen-bond acceptors (Lipinski definition) is 7. The Morgan fingerprint density at radius 1 is 1.03 bits per heavy atom. The lowest BCUT2D eigenvalue weighted by Gasteiger charge is -2.33. The minimum atomic E-state index is -0.0586. The molecule has 29 heavy (non-hydrogen) atoms. The van der Waals surface area contributed by atoms with Gasteiger partial charge in [-0.2, -0.15) is 10.1 Å². The Morgan fingerprint density at radius 3 is 2.52 bits per heavy atom. The van der Waals surface area contributed by atoms with E-state index in [1.165, 1.54) is 0 Å². The summed E-state index contributed by atoms with van der Waals surface area (Å²) in [6, 6.07) is 9.13. The molecule has 0 atom stereocenters. The molecule has 8 nitrogen and oxygen atoms in total. The zero-order chi connectivity index (χ0) is 20.2. The first kappa shape index (κ1) is 19.0. The fraction of sp³-hybridized carbons (Fsp3) is 0.381. The third-order valence-electron chi connectivity index (χ3n) is 5.24. The van der Waals surface area contributed by atoms with Crippen molar-refractivity contribution in [2.75, 3.05) is 37.0 Å². The summed E-state index contributed by atoms with van der Waals surface area (Å²) in [6.07, 6.45) is 7.26. The highest BCUT2D eigenvalue weighted by Crippen LogP contribution is 2.23. The van der Waals surface area contributed by atoms with E-state index in [0.29, 0.717) is 18.4 Å². The van der Waals surface area contributed by atoms with Gasteiger partial charge in [0.1, 0.15) is 5.82 Å². The van der Waals surface area contributed by atoms with Crippen molar-refractivity contribution in [2.45, 2.75) is 19.4 Å². The topological polar surface area (TPSA) is 80.0 Å². The Balaban J connectivity index is 1.42. The molecule has 1 fully saturated rings.